The molecule has 1 aromatic carbocycles. The molecule has 1 aliphatic carbocycles. The average molecular weight is 502 g/mol. The highest BCUT2D eigenvalue weighted by Gasteiger charge is 2.35. The van der Waals surface area contributed by atoms with Gasteiger partial charge in [-0.15, -0.1) is 0 Å². The zero-order valence-corrected chi connectivity index (χ0v) is 23.2. The molecule has 0 heterocycles. The zero-order chi connectivity index (χ0) is 26.7. The van der Waals surface area contributed by atoms with Gasteiger partial charge in [0.05, 0.1) is 0 Å². The van der Waals surface area contributed by atoms with Gasteiger partial charge in [-0.25, -0.2) is 4.79 Å². The van der Waals surface area contributed by atoms with Gasteiger partial charge in [0.1, 0.15) is 17.7 Å². The van der Waals surface area contributed by atoms with E-state index in [2.05, 4.69) is 24.5 Å². The van der Waals surface area contributed by atoms with Crippen molar-refractivity contribution in [2.75, 3.05) is 6.54 Å². The number of amides is 3. The highest BCUT2D eigenvalue weighted by Crippen LogP contribution is 2.26. The van der Waals surface area contributed by atoms with Crippen LogP contribution in [0.15, 0.2) is 24.3 Å². The first-order valence-corrected chi connectivity index (χ1v) is 13.7. The lowest BCUT2D eigenvalue weighted by Gasteiger charge is -2.35. The maximum Gasteiger partial charge on any atom is 0.408 e. The summed E-state index contributed by atoms with van der Waals surface area (Å²) in [5.74, 6) is -0.444. The van der Waals surface area contributed by atoms with E-state index < -0.39 is 23.8 Å². The van der Waals surface area contributed by atoms with Gasteiger partial charge >= 0.3 is 6.09 Å². The van der Waals surface area contributed by atoms with Gasteiger partial charge in [0.15, 0.2) is 0 Å². The second-order valence-electron chi connectivity index (χ2n) is 10.9. The number of hydrogen-bond acceptors (Lipinski definition) is 4. The van der Waals surface area contributed by atoms with Crippen LogP contribution in [0, 0.1) is 0 Å². The number of aryl methyl sites for hydroxylation is 1. The molecule has 0 aromatic heterocycles. The van der Waals surface area contributed by atoms with E-state index in [4.69, 9.17) is 4.74 Å². The second-order valence-corrected chi connectivity index (χ2v) is 10.9. The van der Waals surface area contributed by atoms with Gasteiger partial charge in [0.2, 0.25) is 11.8 Å². The molecular formula is C29H47N3O4. The maximum atomic E-state index is 13.8. The van der Waals surface area contributed by atoms with Crippen molar-refractivity contribution in [1.29, 1.82) is 0 Å². The third-order valence-electron chi connectivity index (χ3n) is 6.60. The molecule has 0 bridgehead atoms. The number of carbonyl (C=O) groups excluding carboxylic acids is 3. The normalized spacial score (nSPS) is 16.1. The van der Waals surface area contributed by atoms with Crippen molar-refractivity contribution in [3.05, 3.63) is 35.4 Å². The molecule has 202 valence electrons. The van der Waals surface area contributed by atoms with E-state index in [1.807, 2.05) is 24.3 Å². The van der Waals surface area contributed by atoms with E-state index in [-0.39, 0.29) is 17.9 Å². The van der Waals surface area contributed by atoms with Crippen LogP contribution in [0.5, 0.6) is 0 Å². The first-order chi connectivity index (χ1) is 17.1. The molecule has 1 aromatic rings. The van der Waals surface area contributed by atoms with Crippen LogP contribution < -0.4 is 10.6 Å². The first kappa shape index (κ1) is 29.7. The number of nitrogens with one attached hydrogen (secondary N) is 2. The summed E-state index contributed by atoms with van der Waals surface area (Å²) in [6, 6.07) is 6.49. The molecule has 2 rings (SSSR count). The number of unbranched alkanes of at least 4 members (excludes halogenated alkanes) is 2. The van der Waals surface area contributed by atoms with Crippen LogP contribution in [-0.2, 0) is 20.7 Å². The SMILES string of the molecule is CCCCCN(C(=O)C(C)NC(=O)OC(C)(C)C)C(C(=O)NC1CCCCC1)c1ccc(CC)cc1. The van der Waals surface area contributed by atoms with Crippen molar-refractivity contribution in [1.82, 2.24) is 15.5 Å². The standard InChI is InChI=1S/C29H47N3O4/c1-7-9-13-20-32(27(34)21(3)30-28(35)36-29(4,5)6)25(23-18-16-22(8-2)17-19-23)26(33)31-24-14-11-10-12-15-24/h16-19,21,24-25H,7-15,20H2,1-6H3,(H,30,35)(H,31,33). The van der Waals surface area contributed by atoms with Gasteiger partial charge in [-0.05, 0) is 64.5 Å². The lowest BCUT2D eigenvalue weighted by molar-refractivity contribution is -0.142. The van der Waals surface area contributed by atoms with Crippen LogP contribution in [-0.4, -0.2) is 47.0 Å². The predicted octanol–water partition coefficient (Wildman–Crippen LogP) is 5.67. The van der Waals surface area contributed by atoms with E-state index in [0.29, 0.717) is 6.54 Å². The molecule has 7 heteroatoms. The molecule has 2 N–H and O–H groups in total. The van der Waals surface area contributed by atoms with Crippen molar-refractivity contribution in [2.24, 2.45) is 0 Å². The molecule has 0 saturated heterocycles. The summed E-state index contributed by atoms with van der Waals surface area (Å²) in [5, 5.41) is 5.91. The molecule has 0 radical (unpaired) electrons. The lowest BCUT2D eigenvalue weighted by atomic mass is 9.94. The highest BCUT2D eigenvalue weighted by molar-refractivity contribution is 5.92. The topological polar surface area (TPSA) is 87.7 Å². The number of rotatable bonds is 11. The molecule has 2 atom stereocenters. The maximum absolute atomic E-state index is 13.8. The van der Waals surface area contributed by atoms with Crippen molar-refractivity contribution in [3.63, 3.8) is 0 Å². The number of alkyl carbamates (subject to hydrolysis) is 1. The molecule has 1 saturated carbocycles. The van der Waals surface area contributed by atoms with E-state index in [9.17, 15) is 14.4 Å². The number of hydrogen-bond donors (Lipinski definition) is 2. The van der Waals surface area contributed by atoms with Gasteiger partial charge < -0.3 is 20.3 Å². The Morgan fingerprint density at radius 1 is 1.03 bits per heavy atom. The van der Waals surface area contributed by atoms with Crippen molar-refractivity contribution in [3.8, 4) is 0 Å². The summed E-state index contributed by atoms with van der Waals surface area (Å²) < 4.78 is 5.36. The monoisotopic (exact) mass is 501 g/mol. The summed E-state index contributed by atoms with van der Waals surface area (Å²) >= 11 is 0. The van der Waals surface area contributed by atoms with E-state index in [1.165, 1.54) is 12.0 Å². The van der Waals surface area contributed by atoms with Crippen molar-refractivity contribution >= 4 is 17.9 Å². The Kier molecular flexibility index (Phi) is 11.7. The van der Waals surface area contributed by atoms with Crippen LogP contribution in [0.3, 0.4) is 0 Å². The van der Waals surface area contributed by atoms with E-state index >= 15 is 0 Å². The number of benzene rings is 1. The number of ether oxygens (including phenoxy) is 1. The fourth-order valence-electron chi connectivity index (χ4n) is 4.63. The fourth-order valence-corrected chi connectivity index (χ4v) is 4.63. The quantitative estimate of drug-likeness (QED) is 0.382. The van der Waals surface area contributed by atoms with E-state index in [0.717, 1.165) is 56.9 Å². The average Bonchev–Trinajstić information content (AvgIpc) is 2.82. The van der Waals surface area contributed by atoms with Gasteiger partial charge in [-0.3, -0.25) is 9.59 Å². The largest absolute Gasteiger partial charge is 0.444 e. The first-order valence-electron chi connectivity index (χ1n) is 13.7. The number of nitrogens with zero attached hydrogens (tertiary/aromatic N) is 1. The van der Waals surface area contributed by atoms with Crippen LogP contribution in [0.1, 0.15) is 110 Å². The molecule has 1 fully saturated rings. The van der Waals surface area contributed by atoms with Gasteiger partial charge in [0, 0.05) is 12.6 Å². The highest BCUT2D eigenvalue weighted by atomic mass is 16.6. The Morgan fingerprint density at radius 2 is 1.67 bits per heavy atom. The molecule has 7 nitrogen and oxygen atoms in total. The van der Waals surface area contributed by atoms with Gasteiger partial charge in [-0.2, -0.15) is 0 Å². The Bertz CT molecular complexity index is 841. The Hall–Kier alpha value is -2.57. The lowest BCUT2D eigenvalue weighted by Crippen LogP contribution is -2.53. The van der Waals surface area contributed by atoms with Crippen molar-refractivity contribution < 1.29 is 19.1 Å². The zero-order valence-electron chi connectivity index (χ0n) is 23.2. The minimum atomic E-state index is -0.832. The third-order valence-corrected chi connectivity index (χ3v) is 6.60. The molecule has 3 amide bonds. The summed E-state index contributed by atoms with van der Waals surface area (Å²) in [7, 11) is 0. The van der Waals surface area contributed by atoms with Crippen LogP contribution in [0.25, 0.3) is 0 Å². The minimum Gasteiger partial charge on any atom is -0.444 e. The number of carbonyl (C=O) groups is 3. The van der Waals surface area contributed by atoms with Crippen molar-refractivity contribution in [2.45, 2.75) is 123 Å². The third kappa shape index (κ3) is 9.47. The Morgan fingerprint density at radius 3 is 2.22 bits per heavy atom. The van der Waals surface area contributed by atoms with Gasteiger partial charge in [-0.1, -0.05) is 70.2 Å². The Balaban J connectivity index is 2.35. The summed E-state index contributed by atoms with van der Waals surface area (Å²) in [6.07, 6.45) is 8.32. The van der Waals surface area contributed by atoms with Crippen LogP contribution in [0.4, 0.5) is 4.79 Å². The summed E-state index contributed by atoms with van der Waals surface area (Å²) in [4.78, 5) is 41.5. The van der Waals surface area contributed by atoms with Gasteiger partial charge in [0.25, 0.3) is 0 Å². The van der Waals surface area contributed by atoms with Crippen LogP contribution >= 0.6 is 0 Å². The molecule has 36 heavy (non-hydrogen) atoms. The molecule has 2 unspecified atom stereocenters. The molecule has 0 aliphatic heterocycles. The Labute approximate surface area is 217 Å². The minimum absolute atomic E-state index is 0.133. The smallest absolute Gasteiger partial charge is 0.408 e. The second kappa shape index (κ2) is 14.2. The molecule has 1 aliphatic rings. The fraction of sp³-hybridized carbons (Fsp3) is 0.690. The summed E-state index contributed by atoms with van der Waals surface area (Å²) in [5.41, 5.74) is 1.29. The van der Waals surface area contributed by atoms with E-state index in [1.54, 1.807) is 32.6 Å². The summed E-state index contributed by atoms with van der Waals surface area (Å²) in [6.45, 7) is 11.6. The van der Waals surface area contributed by atoms with Crippen LogP contribution in [0.2, 0.25) is 0 Å². The molecule has 0 spiro atoms. The molecular weight excluding hydrogens is 454 g/mol. The predicted molar refractivity (Wildman–Crippen MR) is 144 cm³/mol.